The summed E-state index contributed by atoms with van der Waals surface area (Å²) in [4.78, 5) is 12.0. The van der Waals surface area contributed by atoms with Crippen LogP contribution in [0.25, 0.3) is 0 Å². The summed E-state index contributed by atoms with van der Waals surface area (Å²) in [5, 5.41) is 6.04. The number of sulfonamides is 1. The fourth-order valence-electron chi connectivity index (χ4n) is 2.68. The van der Waals surface area contributed by atoms with E-state index in [1.54, 1.807) is 4.31 Å². The van der Waals surface area contributed by atoms with E-state index in [-0.39, 0.29) is 36.7 Å². The van der Waals surface area contributed by atoms with Gasteiger partial charge in [-0.05, 0) is 31.4 Å². The van der Waals surface area contributed by atoms with Crippen LogP contribution >= 0.6 is 12.4 Å². The second-order valence-electron chi connectivity index (χ2n) is 5.78. The molecule has 1 heterocycles. The Morgan fingerprint density at radius 3 is 2.42 bits per heavy atom. The SMILES string of the molecule is CCCS(=O)(=O)N1CCC(NC(=O)CNc2ccccc2)CC1.Cl. The van der Waals surface area contributed by atoms with Crippen LogP contribution in [0, 0.1) is 0 Å². The standard InChI is InChI=1S/C16H25N3O3S.ClH/c1-2-12-23(21,22)19-10-8-15(9-11-19)18-16(20)13-17-14-6-4-3-5-7-14;/h3-7,15,17H,2,8-13H2,1H3,(H,18,20);1H. The van der Waals surface area contributed by atoms with Crippen molar-refractivity contribution >= 4 is 34.0 Å². The summed E-state index contributed by atoms with van der Waals surface area (Å²) in [5.41, 5.74) is 0.906. The van der Waals surface area contributed by atoms with Gasteiger partial charge in [0.2, 0.25) is 15.9 Å². The van der Waals surface area contributed by atoms with E-state index in [1.165, 1.54) is 0 Å². The van der Waals surface area contributed by atoms with Gasteiger partial charge in [-0.25, -0.2) is 12.7 Å². The Morgan fingerprint density at radius 1 is 1.21 bits per heavy atom. The molecule has 6 nitrogen and oxygen atoms in total. The molecule has 0 radical (unpaired) electrons. The highest BCUT2D eigenvalue weighted by Gasteiger charge is 2.27. The zero-order valence-electron chi connectivity index (χ0n) is 13.9. The number of rotatable bonds is 7. The number of benzene rings is 1. The van der Waals surface area contributed by atoms with Crippen LogP contribution in [0.1, 0.15) is 26.2 Å². The summed E-state index contributed by atoms with van der Waals surface area (Å²) in [7, 11) is -3.12. The van der Waals surface area contributed by atoms with E-state index < -0.39 is 10.0 Å². The van der Waals surface area contributed by atoms with Gasteiger partial charge in [0.15, 0.2) is 0 Å². The summed E-state index contributed by atoms with van der Waals surface area (Å²) in [6, 6.07) is 9.60. The molecule has 0 aromatic heterocycles. The molecule has 0 spiro atoms. The average Bonchev–Trinajstić information content (AvgIpc) is 2.54. The topological polar surface area (TPSA) is 78.5 Å². The first kappa shape index (κ1) is 20.7. The molecule has 2 N–H and O–H groups in total. The van der Waals surface area contributed by atoms with E-state index in [0.29, 0.717) is 32.4 Å². The Labute approximate surface area is 150 Å². The summed E-state index contributed by atoms with van der Waals surface area (Å²) in [6.07, 6.45) is 1.96. The lowest BCUT2D eigenvalue weighted by molar-refractivity contribution is -0.120. The van der Waals surface area contributed by atoms with Crippen LogP contribution < -0.4 is 10.6 Å². The number of anilines is 1. The lowest BCUT2D eigenvalue weighted by Gasteiger charge is -2.31. The minimum atomic E-state index is -3.12. The highest BCUT2D eigenvalue weighted by molar-refractivity contribution is 7.89. The van der Waals surface area contributed by atoms with Crippen LogP contribution in [0.15, 0.2) is 30.3 Å². The van der Waals surface area contributed by atoms with Crippen LogP contribution in [0.5, 0.6) is 0 Å². The highest BCUT2D eigenvalue weighted by atomic mass is 35.5. The Balaban J connectivity index is 0.00000288. The van der Waals surface area contributed by atoms with Gasteiger partial charge in [0.25, 0.3) is 0 Å². The second kappa shape index (κ2) is 9.86. The molecule has 1 aromatic rings. The minimum Gasteiger partial charge on any atom is -0.376 e. The van der Waals surface area contributed by atoms with Crippen molar-refractivity contribution in [2.75, 3.05) is 30.7 Å². The average molecular weight is 376 g/mol. The van der Waals surface area contributed by atoms with Crippen molar-refractivity contribution in [2.24, 2.45) is 0 Å². The van der Waals surface area contributed by atoms with Gasteiger partial charge >= 0.3 is 0 Å². The van der Waals surface area contributed by atoms with Gasteiger partial charge in [0.05, 0.1) is 12.3 Å². The predicted molar refractivity (Wildman–Crippen MR) is 99.0 cm³/mol. The van der Waals surface area contributed by atoms with E-state index in [4.69, 9.17) is 0 Å². The Hall–Kier alpha value is -1.31. The molecule has 0 aliphatic carbocycles. The van der Waals surface area contributed by atoms with Crippen LogP contribution in [0.3, 0.4) is 0 Å². The van der Waals surface area contributed by atoms with Crippen molar-refractivity contribution in [1.82, 2.24) is 9.62 Å². The zero-order valence-corrected chi connectivity index (χ0v) is 15.5. The molecular formula is C16H26ClN3O3S. The molecule has 1 aliphatic heterocycles. The molecule has 1 aliphatic rings. The van der Waals surface area contributed by atoms with Gasteiger partial charge in [-0.2, -0.15) is 0 Å². The van der Waals surface area contributed by atoms with Crippen molar-refractivity contribution in [3.8, 4) is 0 Å². The molecule has 2 rings (SSSR count). The van der Waals surface area contributed by atoms with Gasteiger partial charge in [-0.3, -0.25) is 4.79 Å². The van der Waals surface area contributed by atoms with Crippen molar-refractivity contribution < 1.29 is 13.2 Å². The Kier molecular flexibility index (Phi) is 8.52. The van der Waals surface area contributed by atoms with Crippen LogP contribution in [-0.2, 0) is 14.8 Å². The van der Waals surface area contributed by atoms with E-state index >= 15 is 0 Å². The van der Waals surface area contributed by atoms with Crippen molar-refractivity contribution in [3.63, 3.8) is 0 Å². The molecule has 1 aromatic carbocycles. The molecule has 24 heavy (non-hydrogen) atoms. The van der Waals surface area contributed by atoms with Gasteiger partial charge in [0, 0.05) is 24.8 Å². The quantitative estimate of drug-likeness (QED) is 0.762. The fourth-order valence-corrected chi connectivity index (χ4v) is 4.22. The monoisotopic (exact) mass is 375 g/mol. The number of halogens is 1. The lowest BCUT2D eigenvalue weighted by atomic mass is 10.1. The van der Waals surface area contributed by atoms with Gasteiger partial charge < -0.3 is 10.6 Å². The maximum absolute atomic E-state index is 12.0. The van der Waals surface area contributed by atoms with Crippen molar-refractivity contribution in [1.29, 1.82) is 0 Å². The summed E-state index contributed by atoms with van der Waals surface area (Å²) < 4.78 is 25.5. The number of para-hydroxylation sites is 1. The highest BCUT2D eigenvalue weighted by Crippen LogP contribution is 2.15. The third kappa shape index (κ3) is 6.30. The predicted octanol–water partition coefficient (Wildman–Crippen LogP) is 1.84. The van der Waals surface area contributed by atoms with E-state index in [9.17, 15) is 13.2 Å². The molecule has 136 valence electrons. The van der Waals surface area contributed by atoms with Crippen LogP contribution in [0.4, 0.5) is 5.69 Å². The van der Waals surface area contributed by atoms with E-state index in [0.717, 1.165) is 5.69 Å². The maximum atomic E-state index is 12.0. The number of nitrogens with zero attached hydrogens (tertiary/aromatic N) is 1. The summed E-state index contributed by atoms with van der Waals surface area (Å²) in [6.45, 7) is 3.06. The first-order valence-corrected chi connectivity index (χ1v) is 9.68. The third-order valence-corrected chi connectivity index (χ3v) is 5.98. The molecule has 1 saturated heterocycles. The Morgan fingerprint density at radius 2 is 1.83 bits per heavy atom. The first-order valence-electron chi connectivity index (χ1n) is 8.07. The number of carbonyl (C=O) groups is 1. The van der Waals surface area contributed by atoms with Gasteiger partial charge in [0.1, 0.15) is 0 Å². The molecule has 8 heteroatoms. The maximum Gasteiger partial charge on any atom is 0.239 e. The molecule has 1 fully saturated rings. The summed E-state index contributed by atoms with van der Waals surface area (Å²) in [5.74, 6) is 0.133. The number of piperidine rings is 1. The third-order valence-electron chi connectivity index (χ3n) is 3.90. The van der Waals surface area contributed by atoms with Gasteiger partial charge in [-0.15, -0.1) is 12.4 Å². The van der Waals surface area contributed by atoms with Crippen LogP contribution in [-0.4, -0.2) is 50.1 Å². The molecule has 1 amide bonds. The molecule has 0 bridgehead atoms. The zero-order chi connectivity index (χ0) is 16.7. The largest absolute Gasteiger partial charge is 0.376 e. The molecule has 0 atom stereocenters. The molecule has 0 unspecified atom stereocenters. The summed E-state index contributed by atoms with van der Waals surface area (Å²) >= 11 is 0. The fraction of sp³-hybridized carbons (Fsp3) is 0.562. The minimum absolute atomic E-state index is 0. The first-order chi connectivity index (χ1) is 11.0. The Bertz CT molecular complexity index is 602. The normalized spacial score (nSPS) is 16.2. The molecular weight excluding hydrogens is 350 g/mol. The second-order valence-corrected chi connectivity index (χ2v) is 7.86. The number of carbonyl (C=O) groups excluding carboxylic acids is 1. The van der Waals surface area contributed by atoms with Crippen LogP contribution in [0.2, 0.25) is 0 Å². The van der Waals surface area contributed by atoms with E-state index in [1.807, 2.05) is 37.3 Å². The smallest absolute Gasteiger partial charge is 0.239 e. The van der Waals surface area contributed by atoms with Crippen molar-refractivity contribution in [3.05, 3.63) is 30.3 Å². The van der Waals surface area contributed by atoms with Crippen molar-refractivity contribution in [2.45, 2.75) is 32.2 Å². The number of amides is 1. The molecule has 0 saturated carbocycles. The van der Waals surface area contributed by atoms with Gasteiger partial charge in [-0.1, -0.05) is 25.1 Å². The number of hydrogen-bond acceptors (Lipinski definition) is 4. The van der Waals surface area contributed by atoms with E-state index in [2.05, 4.69) is 10.6 Å². The lowest BCUT2D eigenvalue weighted by Crippen LogP contribution is -2.48. The number of hydrogen-bond donors (Lipinski definition) is 2. The number of nitrogens with one attached hydrogen (secondary N) is 2.